The maximum Gasteiger partial charge on any atom is 0.273 e. The van der Waals surface area contributed by atoms with Crippen LogP contribution in [0.15, 0.2) is 53.3 Å². The maximum atomic E-state index is 14.5. The summed E-state index contributed by atoms with van der Waals surface area (Å²) in [7, 11) is 17.4. The van der Waals surface area contributed by atoms with Gasteiger partial charge >= 0.3 is 0 Å². The van der Waals surface area contributed by atoms with Gasteiger partial charge in [0.25, 0.3) is 5.56 Å². The molecule has 2 aromatic carbocycles. The smallest absolute Gasteiger partial charge is 0.273 e. The van der Waals surface area contributed by atoms with Crippen molar-refractivity contribution in [2.75, 3.05) is 31.1 Å². The van der Waals surface area contributed by atoms with Crippen molar-refractivity contribution in [3.8, 4) is 16.9 Å². The summed E-state index contributed by atoms with van der Waals surface area (Å²) in [6.07, 6.45) is 0. The molecule has 1 aliphatic rings. The minimum atomic E-state index is -1.31. The number of nitrogens with one attached hydrogen (secondary N) is 1. The van der Waals surface area contributed by atoms with E-state index in [1.807, 2.05) is 29.2 Å². The van der Waals surface area contributed by atoms with E-state index in [-0.39, 0.29) is 5.69 Å². The number of aromatic nitrogens is 4. The highest BCUT2D eigenvalue weighted by molar-refractivity contribution is 6.59. The third-order valence-electron chi connectivity index (χ3n) is 6.18. The van der Waals surface area contributed by atoms with Crippen LogP contribution in [0.4, 0.5) is 10.1 Å². The topological polar surface area (TPSA) is 70.0 Å². The quantitative estimate of drug-likeness (QED) is 0.480. The van der Waals surface area contributed by atoms with E-state index in [9.17, 15) is 9.18 Å². The molecule has 2 aromatic heterocycles. The van der Waals surface area contributed by atoms with E-state index in [1.54, 1.807) is 19.1 Å². The van der Waals surface area contributed by atoms with Crippen LogP contribution in [0.25, 0.3) is 28.0 Å². The highest BCUT2D eigenvalue weighted by atomic mass is 19.1. The van der Waals surface area contributed by atoms with Crippen molar-refractivity contribution >= 4 is 40.3 Å². The van der Waals surface area contributed by atoms with Gasteiger partial charge in [-0.3, -0.25) is 9.89 Å². The summed E-state index contributed by atoms with van der Waals surface area (Å²) in [5.74, 6) is -0.514. The van der Waals surface area contributed by atoms with Crippen molar-refractivity contribution in [3.63, 3.8) is 0 Å². The van der Waals surface area contributed by atoms with Crippen LogP contribution in [-0.2, 0) is 0 Å². The number of halogens is 1. The molecule has 0 aliphatic carbocycles. The number of aromatic amines is 1. The van der Waals surface area contributed by atoms with E-state index in [0.717, 1.165) is 29.0 Å². The minimum absolute atomic E-state index is 0.132. The molecule has 0 bridgehead atoms. The van der Waals surface area contributed by atoms with Crippen LogP contribution < -0.4 is 10.5 Å². The van der Waals surface area contributed by atoms with Crippen LogP contribution >= 0.6 is 0 Å². The number of para-hydroxylation sites is 1. The molecule has 11 heteroatoms. The number of fused-ring (bicyclic) bond motifs is 1. The summed E-state index contributed by atoms with van der Waals surface area (Å²) in [6, 6.07) is 13.9. The van der Waals surface area contributed by atoms with E-state index in [1.165, 1.54) is 12.1 Å². The molecule has 0 amide bonds. The fourth-order valence-corrected chi connectivity index (χ4v) is 4.32. The molecule has 4 aromatic rings. The van der Waals surface area contributed by atoms with Gasteiger partial charge < -0.3 is 9.80 Å². The molecule has 1 saturated heterocycles. The predicted octanol–water partition coefficient (Wildman–Crippen LogP) is 1.46. The first-order valence-corrected chi connectivity index (χ1v) is 10.9. The van der Waals surface area contributed by atoms with Gasteiger partial charge in [0.05, 0.1) is 29.1 Å². The lowest BCUT2D eigenvalue weighted by Gasteiger charge is -2.44. The molecule has 0 spiro atoms. The van der Waals surface area contributed by atoms with Gasteiger partial charge in [0, 0.05) is 43.5 Å². The number of rotatable bonds is 4. The second kappa shape index (κ2) is 8.47. The highest BCUT2D eigenvalue weighted by Crippen LogP contribution is 2.27. The van der Waals surface area contributed by atoms with Crippen LogP contribution in [-0.4, -0.2) is 79.8 Å². The zero-order valence-corrected chi connectivity index (χ0v) is 18.7. The van der Waals surface area contributed by atoms with Gasteiger partial charge in [-0.1, -0.05) is 29.5 Å². The van der Waals surface area contributed by atoms with Gasteiger partial charge in [0.15, 0.2) is 0 Å². The number of aryl methyl sites for hydroxylation is 1. The zero-order valence-electron chi connectivity index (χ0n) is 18.7. The standard InChI is InChI=1S/C23H20B3FN6O/c1-14-3-2-4-17(27)22(14)33-19(34)13-18-21(30-33)20(29-28-18)15-5-7-16(8-6-15)31-9-11-32(12-10-31)23(24,25)26/h2-8,13,28H,9-12H2,1H3. The van der Waals surface area contributed by atoms with Crippen LogP contribution in [0, 0.1) is 12.7 Å². The van der Waals surface area contributed by atoms with E-state index in [0.29, 0.717) is 35.4 Å². The number of anilines is 1. The average Bonchev–Trinajstić information content (AvgIpc) is 3.21. The largest absolute Gasteiger partial charge is 0.369 e. The van der Waals surface area contributed by atoms with Crippen LogP contribution in [0.1, 0.15) is 5.56 Å². The van der Waals surface area contributed by atoms with Crippen LogP contribution in [0.5, 0.6) is 0 Å². The Hall–Kier alpha value is -3.33. The molecule has 0 unspecified atom stereocenters. The second-order valence-electron chi connectivity index (χ2n) is 8.54. The molecule has 0 atom stereocenters. The molecule has 5 rings (SSSR count). The number of nitrogens with zero attached hydrogens (tertiary/aromatic N) is 5. The third kappa shape index (κ3) is 4.05. The van der Waals surface area contributed by atoms with Gasteiger partial charge in [0.1, 0.15) is 22.7 Å². The fraction of sp³-hybridized carbons (Fsp3) is 0.261. The van der Waals surface area contributed by atoms with Crippen molar-refractivity contribution in [2.24, 2.45) is 0 Å². The minimum Gasteiger partial charge on any atom is -0.369 e. The Morgan fingerprint density at radius 1 is 1.03 bits per heavy atom. The van der Waals surface area contributed by atoms with Gasteiger partial charge in [0.2, 0.25) is 0 Å². The van der Waals surface area contributed by atoms with E-state index in [4.69, 9.17) is 23.5 Å². The SMILES string of the molecule is [B]C([B])([B])N1CCN(c2ccc(-c3n[nH]c4cc(=O)n(-c5c(C)cccc5F)nc34)cc2)CC1. The van der Waals surface area contributed by atoms with E-state index < -0.39 is 16.6 Å². The third-order valence-corrected chi connectivity index (χ3v) is 6.18. The van der Waals surface area contributed by atoms with Crippen LogP contribution in [0.3, 0.4) is 0 Å². The summed E-state index contributed by atoms with van der Waals surface area (Å²) in [6.45, 7) is 4.54. The molecular formula is C23H20B3FN6O. The Morgan fingerprint density at radius 3 is 2.38 bits per heavy atom. The summed E-state index contributed by atoms with van der Waals surface area (Å²) in [4.78, 5) is 16.7. The average molecular weight is 448 g/mol. The number of H-pyrrole nitrogens is 1. The Labute approximate surface area is 200 Å². The van der Waals surface area contributed by atoms with Crippen molar-refractivity contribution in [2.45, 2.75) is 12.2 Å². The van der Waals surface area contributed by atoms with Crippen molar-refractivity contribution < 1.29 is 4.39 Å². The first-order valence-electron chi connectivity index (χ1n) is 10.9. The van der Waals surface area contributed by atoms with Crippen molar-refractivity contribution in [3.05, 3.63) is 70.3 Å². The summed E-state index contributed by atoms with van der Waals surface area (Å²) in [5.41, 5.74) is 3.71. The molecule has 1 N–H and O–H groups in total. The van der Waals surface area contributed by atoms with E-state index in [2.05, 4.69) is 20.2 Å². The Balaban J connectivity index is 1.46. The van der Waals surface area contributed by atoms with Crippen LogP contribution in [0.2, 0.25) is 0 Å². The van der Waals surface area contributed by atoms with Gasteiger partial charge in [-0.2, -0.15) is 14.9 Å². The molecular weight excluding hydrogens is 428 g/mol. The fourth-order valence-electron chi connectivity index (χ4n) is 4.32. The van der Waals surface area contributed by atoms with Crippen molar-refractivity contribution in [1.82, 2.24) is 24.9 Å². The molecule has 34 heavy (non-hydrogen) atoms. The Morgan fingerprint density at radius 2 is 1.74 bits per heavy atom. The monoisotopic (exact) mass is 448 g/mol. The maximum absolute atomic E-state index is 14.5. The normalized spacial score (nSPS) is 15.2. The Kier molecular flexibility index (Phi) is 5.60. The predicted molar refractivity (Wildman–Crippen MR) is 133 cm³/mol. The van der Waals surface area contributed by atoms with Gasteiger partial charge in [-0.15, -0.1) is 0 Å². The molecule has 7 nitrogen and oxygen atoms in total. The van der Waals surface area contributed by atoms with Crippen molar-refractivity contribution in [1.29, 1.82) is 0 Å². The first-order chi connectivity index (χ1) is 16.2. The lowest BCUT2D eigenvalue weighted by atomic mass is 9.48. The summed E-state index contributed by atoms with van der Waals surface area (Å²) >= 11 is 0. The zero-order chi connectivity index (χ0) is 24.0. The number of benzene rings is 2. The first kappa shape index (κ1) is 22.5. The number of hydrogen-bond donors (Lipinski definition) is 1. The van der Waals surface area contributed by atoms with Gasteiger partial charge in [-0.25, -0.2) is 4.39 Å². The number of hydrogen-bond acceptors (Lipinski definition) is 5. The molecule has 0 saturated carbocycles. The lowest BCUT2D eigenvalue weighted by Crippen LogP contribution is -2.58. The Bertz CT molecular complexity index is 1380. The second-order valence-corrected chi connectivity index (χ2v) is 8.54. The van der Waals surface area contributed by atoms with Gasteiger partial charge in [-0.05, 0) is 30.7 Å². The molecule has 3 heterocycles. The van der Waals surface area contributed by atoms with E-state index >= 15 is 0 Å². The number of piperazine rings is 1. The molecule has 1 aliphatic heterocycles. The molecule has 6 radical (unpaired) electrons. The lowest BCUT2D eigenvalue weighted by molar-refractivity contribution is 0.257. The highest BCUT2D eigenvalue weighted by Gasteiger charge is 2.25. The summed E-state index contributed by atoms with van der Waals surface area (Å²) in [5, 5.41) is 10.4. The summed E-state index contributed by atoms with van der Waals surface area (Å²) < 4.78 is 15.6. The molecule has 164 valence electrons. The molecule has 1 fully saturated rings.